The van der Waals surface area contributed by atoms with Crippen molar-refractivity contribution in [2.24, 2.45) is 0 Å². The zero-order valence-electron chi connectivity index (χ0n) is 13.3. The van der Waals surface area contributed by atoms with Crippen LogP contribution in [0.2, 0.25) is 0 Å². The van der Waals surface area contributed by atoms with E-state index in [-0.39, 0.29) is 0 Å². The highest BCUT2D eigenvalue weighted by Crippen LogP contribution is 2.12. The van der Waals surface area contributed by atoms with Crippen LogP contribution in [-0.4, -0.2) is 26.9 Å². The van der Waals surface area contributed by atoms with Crippen molar-refractivity contribution in [3.05, 3.63) is 65.7 Å². The van der Waals surface area contributed by atoms with Gasteiger partial charge >= 0.3 is 0 Å². The largest absolute Gasteiger partial charge is 0.493 e. The molecule has 118 valence electrons. The summed E-state index contributed by atoms with van der Waals surface area (Å²) in [6.07, 6.45) is 1.97. The number of methoxy groups -OCH3 is 1. The molecule has 0 bridgehead atoms. The van der Waals surface area contributed by atoms with E-state index < -0.39 is 0 Å². The number of ether oxygens (including phenoxy) is 2. The fourth-order valence-corrected chi connectivity index (χ4v) is 2.21. The molecule has 0 amide bonds. The summed E-state index contributed by atoms with van der Waals surface area (Å²) < 4.78 is 10.8. The van der Waals surface area contributed by atoms with Crippen LogP contribution in [0.4, 0.5) is 0 Å². The van der Waals surface area contributed by atoms with Crippen molar-refractivity contribution >= 4 is 0 Å². The van der Waals surface area contributed by atoms with Gasteiger partial charge in [0.2, 0.25) is 0 Å². The minimum absolute atomic E-state index is 0.707. The molecule has 0 unspecified atom stereocenters. The van der Waals surface area contributed by atoms with Gasteiger partial charge in [0.25, 0.3) is 0 Å². The first-order valence-corrected chi connectivity index (χ1v) is 7.84. The van der Waals surface area contributed by atoms with Crippen LogP contribution in [-0.2, 0) is 17.7 Å². The maximum absolute atomic E-state index is 5.79. The molecular weight excluding hydrogens is 274 g/mol. The van der Waals surface area contributed by atoms with Crippen molar-refractivity contribution in [1.82, 2.24) is 5.32 Å². The molecule has 22 heavy (non-hydrogen) atoms. The maximum Gasteiger partial charge on any atom is 0.119 e. The molecule has 0 aliphatic heterocycles. The van der Waals surface area contributed by atoms with Gasteiger partial charge in [-0.1, -0.05) is 42.5 Å². The van der Waals surface area contributed by atoms with E-state index >= 15 is 0 Å². The summed E-state index contributed by atoms with van der Waals surface area (Å²) in [6, 6.07) is 18.7. The summed E-state index contributed by atoms with van der Waals surface area (Å²) in [5, 5.41) is 3.40. The van der Waals surface area contributed by atoms with Gasteiger partial charge in [-0.05, 0) is 36.2 Å². The smallest absolute Gasteiger partial charge is 0.119 e. The molecule has 0 fully saturated rings. The number of rotatable bonds is 10. The van der Waals surface area contributed by atoms with Crippen molar-refractivity contribution in [3.8, 4) is 5.75 Å². The second-order valence-electron chi connectivity index (χ2n) is 5.25. The first-order chi connectivity index (χ1) is 10.9. The molecule has 1 N–H and O–H groups in total. The number of hydrogen-bond acceptors (Lipinski definition) is 3. The molecule has 2 aromatic rings. The zero-order valence-corrected chi connectivity index (χ0v) is 13.3. The Morgan fingerprint density at radius 1 is 0.864 bits per heavy atom. The summed E-state index contributed by atoms with van der Waals surface area (Å²) in [4.78, 5) is 0. The standard InChI is InChI=1S/C19H25NO2/c1-21-14-5-13-20-16-18-8-10-19(11-9-18)22-15-12-17-6-3-2-4-7-17/h2-4,6-11,20H,5,12-16H2,1H3. The van der Waals surface area contributed by atoms with Crippen LogP contribution in [0.25, 0.3) is 0 Å². The fraction of sp³-hybridized carbons (Fsp3) is 0.368. The lowest BCUT2D eigenvalue weighted by atomic mass is 10.2. The Bertz CT molecular complexity index is 511. The van der Waals surface area contributed by atoms with Crippen LogP contribution in [0.3, 0.4) is 0 Å². The van der Waals surface area contributed by atoms with Crippen LogP contribution in [0, 0.1) is 0 Å². The normalized spacial score (nSPS) is 10.6. The minimum atomic E-state index is 0.707. The fourth-order valence-electron chi connectivity index (χ4n) is 2.21. The average Bonchev–Trinajstić information content (AvgIpc) is 2.57. The Morgan fingerprint density at radius 2 is 1.64 bits per heavy atom. The van der Waals surface area contributed by atoms with E-state index in [0.29, 0.717) is 6.61 Å². The Balaban J connectivity index is 1.66. The molecule has 0 aliphatic rings. The van der Waals surface area contributed by atoms with Crippen molar-refractivity contribution in [1.29, 1.82) is 0 Å². The second kappa shape index (κ2) is 9.98. The molecule has 0 saturated heterocycles. The van der Waals surface area contributed by atoms with E-state index in [0.717, 1.165) is 38.3 Å². The molecule has 0 atom stereocenters. The van der Waals surface area contributed by atoms with E-state index in [2.05, 4.69) is 41.7 Å². The SMILES string of the molecule is COCCCNCc1ccc(OCCc2ccccc2)cc1. The van der Waals surface area contributed by atoms with E-state index in [9.17, 15) is 0 Å². The van der Waals surface area contributed by atoms with Crippen LogP contribution >= 0.6 is 0 Å². The van der Waals surface area contributed by atoms with Crippen molar-refractivity contribution in [3.63, 3.8) is 0 Å². The Kier molecular flexibility index (Phi) is 7.50. The summed E-state index contributed by atoms with van der Waals surface area (Å²) in [5.41, 5.74) is 2.58. The minimum Gasteiger partial charge on any atom is -0.493 e. The van der Waals surface area contributed by atoms with E-state index in [1.54, 1.807) is 7.11 Å². The lowest BCUT2D eigenvalue weighted by Gasteiger charge is -2.08. The zero-order chi connectivity index (χ0) is 15.5. The summed E-state index contributed by atoms with van der Waals surface area (Å²) >= 11 is 0. The second-order valence-corrected chi connectivity index (χ2v) is 5.25. The highest BCUT2D eigenvalue weighted by atomic mass is 16.5. The van der Waals surface area contributed by atoms with Crippen molar-refractivity contribution in [2.75, 3.05) is 26.9 Å². The van der Waals surface area contributed by atoms with Crippen LogP contribution in [0.5, 0.6) is 5.75 Å². The third kappa shape index (κ3) is 6.29. The lowest BCUT2D eigenvalue weighted by molar-refractivity contribution is 0.194. The van der Waals surface area contributed by atoms with Crippen LogP contribution in [0.15, 0.2) is 54.6 Å². The van der Waals surface area contributed by atoms with Crippen LogP contribution < -0.4 is 10.1 Å². The van der Waals surface area contributed by atoms with Gasteiger partial charge in [0.1, 0.15) is 5.75 Å². The summed E-state index contributed by atoms with van der Waals surface area (Å²) in [6.45, 7) is 3.37. The van der Waals surface area contributed by atoms with Gasteiger partial charge in [0.05, 0.1) is 6.61 Å². The monoisotopic (exact) mass is 299 g/mol. The predicted octanol–water partition coefficient (Wildman–Crippen LogP) is 3.43. The predicted molar refractivity (Wildman–Crippen MR) is 90.3 cm³/mol. The topological polar surface area (TPSA) is 30.5 Å². The molecular formula is C19H25NO2. The highest BCUT2D eigenvalue weighted by Gasteiger charge is 1.97. The number of benzene rings is 2. The third-order valence-electron chi connectivity index (χ3n) is 3.46. The van der Waals surface area contributed by atoms with Gasteiger partial charge in [-0.3, -0.25) is 0 Å². The first kappa shape index (κ1) is 16.5. The van der Waals surface area contributed by atoms with E-state index in [1.807, 2.05) is 18.2 Å². The van der Waals surface area contributed by atoms with E-state index in [1.165, 1.54) is 11.1 Å². The molecule has 0 radical (unpaired) electrons. The summed E-state index contributed by atoms with van der Waals surface area (Å²) in [5.74, 6) is 0.930. The molecule has 2 aromatic carbocycles. The molecule has 0 aliphatic carbocycles. The van der Waals surface area contributed by atoms with Gasteiger partial charge in [-0.2, -0.15) is 0 Å². The Labute approximate surface area is 133 Å². The number of nitrogens with one attached hydrogen (secondary N) is 1. The highest BCUT2D eigenvalue weighted by molar-refractivity contribution is 5.27. The molecule has 3 heteroatoms. The number of hydrogen-bond donors (Lipinski definition) is 1. The summed E-state index contributed by atoms with van der Waals surface area (Å²) in [7, 11) is 1.73. The molecule has 3 nitrogen and oxygen atoms in total. The van der Waals surface area contributed by atoms with Gasteiger partial charge in [-0.25, -0.2) is 0 Å². The first-order valence-electron chi connectivity index (χ1n) is 7.84. The van der Waals surface area contributed by atoms with Crippen molar-refractivity contribution in [2.45, 2.75) is 19.4 Å². The molecule has 0 saturated carbocycles. The molecule has 0 aromatic heterocycles. The quantitative estimate of drug-likeness (QED) is 0.682. The van der Waals surface area contributed by atoms with Crippen molar-refractivity contribution < 1.29 is 9.47 Å². The Morgan fingerprint density at radius 3 is 2.36 bits per heavy atom. The molecule has 2 rings (SSSR count). The maximum atomic E-state index is 5.79. The average molecular weight is 299 g/mol. The molecule has 0 heterocycles. The van der Waals surface area contributed by atoms with Crippen LogP contribution in [0.1, 0.15) is 17.5 Å². The van der Waals surface area contributed by atoms with Gasteiger partial charge < -0.3 is 14.8 Å². The Hall–Kier alpha value is -1.84. The van der Waals surface area contributed by atoms with E-state index in [4.69, 9.17) is 9.47 Å². The molecule has 0 spiro atoms. The lowest BCUT2D eigenvalue weighted by Crippen LogP contribution is -2.16. The van der Waals surface area contributed by atoms with Gasteiger partial charge in [0, 0.05) is 26.7 Å². The third-order valence-corrected chi connectivity index (χ3v) is 3.46. The van der Waals surface area contributed by atoms with Gasteiger partial charge in [0.15, 0.2) is 0 Å². The van der Waals surface area contributed by atoms with Gasteiger partial charge in [-0.15, -0.1) is 0 Å².